The van der Waals surface area contributed by atoms with Gasteiger partial charge in [0.1, 0.15) is 5.78 Å². The molecule has 1 N–H and O–H groups in total. The monoisotopic (exact) mass is 454 g/mol. The van der Waals surface area contributed by atoms with Crippen molar-refractivity contribution < 1.29 is 18.6 Å². The van der Waals surface area contributed by atoms with E-state index in [1.165, 1.54) is 0 Å². The predicted molar refractivity (Wildman–Crippen MR) is 132 cm³/mol. The molecule has 3 aromatic rings. The van der Waals surface area contributed by atoms with E-state index in [0.717, 1.165) is 16.9 Å². The van der Waals surface area contributed by atoms with E-state index in [0.29, 0.717) is 23.4 Å². The Labute approximate surface area is 190 Å². The minimum atomic E-state index is -3.40. The number of hydrogen-bond donors (Lipinski definition) is 1. The normalized spacial score (nSPS) is 13.7. The molecule has 0 fully saturated rings. The van der Waals surface area contributed by atoms with E-state index in [2.05, 4.69) is 5.32 Å². The molecule has 2 atom stereocenters. The highest BCUT2D eigenvalue weighted by atomic mass is 31.2. The molecule has 0 aromatic heterocycles. The van der Waals surface area contributed by atoms with Gasteiger partial charge >= 0.3 is 0 Å². The van der Waals surface area contributed by atoms with Crippen molar-refractivity contribution in [2.45, 2.75) is 12.7 Å². The molecule has 0 radical (unpaired) electrons. The molecule has 0 aliphatic heterocycles. The van der Waals surface area contributed by atoms with Crippen LogP contribution in [0.2, 0.25) is 0 Å². The summed E-state index contributed by atoms with van der Waals surface area (Å²) in [5, 5.41) is 4.10. The van der Waals surface area contributed by atoms with Crippen LogP contribution < -0.4 is 25.0 Å². The first-order valence-corrected chi connectivity index (χ1v) is 12.2. The van der Waals surface area contributed by atoms with Gasteiger partial charge in [0.05, 0.1) is 20.8 Å². The van der Waals surface area contributed by atoms with Gasteiger partial charge in [-0.1, -0.05) is 24.3 Å². The predicted octanol–water partition coefficient (Wildman–Crippen LogP) is 5.52. The number of nitrogens with zero attached hydrogens (tertiary/aromatic N) is 1. The third-order valence-corrected chi connectivity index (χ3v) is 7.95. The van der Waals surface area contributed by atoms with Crippen LogP contribution in [0.25, 0.3) is 0 Å². The van der Waals surface area contributed by atoms with Crippen LogP contribution in [-0.4, -0.2) is 34.9 Å². The number of nitrogens with one attached hydrogen (secondary N) is 1. The van der Waals surface area contributed by atoms with Crippen molar-refractivity contribution in [1.29, 1.82) is 0 Å². The number of hydrogen-bond acceptors (Lipinski definition) is 6. The zero-order chi connectivity index (χ0) is 23.1. The third-order valence-electron chi connectivity index (χ3n) is 5.19. The fraction of sp³-hybridized carbons (Fsp3) is 0.280. The van der Waals surface area contributed by atoms with E-state index < -0.39 is 13.2 Å². The molecular weight excluding hydrogens is 423 g/mol. The second-order valence-electron chi connectivity index (χ2n) is 7.45. The molecule has 0 aliphatic carbocycles. The first-order chi connectivity index (χ1) is 15.4. The number of anilines is 2. The Bertz CT molecular complexity index is 1060. The van der Waals surface area contributed by atoms with Crippen molar-refractivity contribution in [3.8, 4) is 11.5 Å². The maximum atomic E-state index is 14.6. The van der Waals surface area contributed by atoms with E-state index in [1.807, 2.05) is 98.7 Å². The second kappa shape index (κ2) is 10.6. The molecule has 3 aromatic carbocycles. The molecule has 0 saturated carbocycles. The Balaban J connectivity index is 2.15. The summed E-state index contributed by atoms with van der Waals surface area (Å²) < 4.78 is 31.5. The summed E-state index contributed by atoms with van der Waals surface area (Å²) in [6.45, 7) is 2.17. The van der Waals surface area contributed by atoms with Crippen molar-refractivity contribution in [1.82, 2.24) is 0 Å². The lowest BCUT2D eigenvalue weighted by atomic mass is 10.2. The number of benzene rings is 3. The quantitative estimate of drug-likeness (QED) is 0.407. The minimum Gasteiger partial charge on any atom is -0.493 e. The van der Waals surface area contributed by atoms with Gasteiger partial charge in [0, 0.05) is 30.8 Å². The van der Waals surface area contributed by atoms with Crippen LogP contribution in [0.5, 0.6) is 11.5 Å². The first kappa shape index (κ1) is 23.7. The van der Waals surface area contributed by atoms with Crippen LogP contribution in [0.15, 0.2) is 72.8 Å². The fourth-order valence-electron chi connectivity index (χ4n) is 3.53. The lowest BCUT2D eigenvalue weighted by Crippen LogP contribution is -2.21. The summed E-state index contributed by atoms with van der Waals surface area (Å²) in [5.41, 5.74) is 2.65. The highest BCUT2D eigenvalue weighted by Gasteiger charge is 2.38. The maximum absolute atomic E-state index is 14.6. The zero-order valence-electron chi connectivity index (χ0n) is 19.2. The van der Waals surface area contributed by atoms with Gasteiger partial charge in [-0.2, -0.15) is 0 Å². The summed E-state index contributed by atoms with van der Waals surface area (Å²) >= 11 is 0. The van der Waals surface area contributed by atoms with E-state index in [1.54, 1.807) is 14.2 Å². The summed E-state index contributed by atoms with van der Waals surface area (Å²) in [5.74, 6) is 0.544. The summed E-state index contributed by atoms with van der Waals surface area (Å²) in [6.07, 6.45) is 0. The van der Waals surface area contributed by atoms with Crippen LogP contribution >= 0.6 is 7.37 Å². The van der Waals surface area contributed by atoms with E-state index in [4.69, 9.17) is 14.0 Å². The van der Waals surface area contributed by atoms with Crippen LogP contribution in [0.1, 0.15) is 18.3 Å². The SMILES string of the molecule is CCO[P@@](=O)(c1ccc(N(C)C)cc1)[C@H](Nc1ccccc1)c1ccc(OC)c(OC)c1. The standard InChI is InChI=1S/C25H31N2O4P/c1-6-31-32(28,22-15-13-21(14-16-22)27(2)3)25(26-20-10-8-7-9-11-20)19-12-17-23(29-4)24(18-19)30-5/h7-18,25-26H,6H2,1-5H3/t25-,32-/m0/s1. The molecule has 0 aliphatic rings. The molecule has 0 saturated heterocycles. The van der Waals surface area contributed by atoms with Crippen LogP contribution in [-0.2, 0) is 9.09 Å². The summed E-state index contributed by atoms with van der Waals surface area (Å²) in [4.78, 5) is 2.00. The topological polar surface area (TPSA) is 60.0 Å². The van der Waals surface area contributed by atoms with E-state index in [9.17, 15) is 4.57 Å². The van der Waals surface area contributed by atoms with E-state index >= 15 is 0 Å². The van der Waals surface area contributed by atoms with Gasteiger partial charge in [0.25, 0.3) is 7.37 Å². The van der Waals surface area contributed by atoms with Gasteiger partial charge in [-0.3, -0.25) is 4.57 Å². The number of methoxy groups -OCH3 is 2. The second-order valence-corrected chi connectivity index (χ2v) is 9.94. The van der Waals surface area contributed by atoms with Crippen molar-refractivity contribution in [2.24, 2.45) is 0 Å². The molecule has 0 spiro atoms. The summed E-state index contributed by atoms with van der Waals surface area (Å²) in [6, 6.07) is 22.9. The molecule has 0 heterocycles. The van der Waals surface area contributed by atoms with Gasteiger partial charge in [-0.05, 0) is 61.0 Å². The average molecular weight is 455 g/mol. The van der Waals surface area contributed by atoms with Gasteiger partial charge in [-0.15, -0.1) is 0 Å². The molecule has 0 bridgehead atoms. The van der Waals surface area contributed by atoms with Crippen LogP contribution in [0.3, 0.4) is 0 Å². The molecular formula is C25H31N2O4P. The average Bonchev–Trinajstić information content (AvgIpc) is 2.83. The third kappa shape index (κ3) is 5.09. The Morgan fingerprint density at radius 2 is 1.56 bits per heavy atom. The smallest absolute Gasteiger partial charge is 0.258 e. The highest BCUT2D eigenvalue weighted by Crippen LogP contribution is 2.59. The zero-order valence-corrected chi connectivity index (χ0v) is 20.1. The molecule has 170 valence electrons. The molecule has 3 rings (SSSR count). The Morgan fingerprint density at radius 1 is 0.906 bits per heavy atom. The van der Waals surface area contributed by atoms with Gasteiger partial charge in [-0.25, -0.2) is 0 Å². The van der Waals surface area contributed by atoms with Gasteiger partial charge in [0.15, 0.2) is 11.5 Å². The molecule has 7 heteroatoms. The lowest BCUT2D eigenvalue weighted by molar-refractivity contribution is 0.335. The number of rotatable bonds is 10. The Kier molecular flexibility index (Phi) is 7.84. The molecule has 32 heavy (non-hydrogen) atoms. The van der Waals surface area contributed by atoms with Gasteiger partial charge < -0.3 is 24.2 Å². The first-order valence-electron chi connectivity index (χ1n) is 10.5. The van der Waals surface area contributed by atoms with E-state index in [-0.39, 0.29) is 0 Å². The molecule has 6 nitrogen and oxygen atoms in total. The maximum Gasteiger partial charge on any atom is 0.258 e. The van der Waals surface area contributed by atoms with Crippen molar-refractivity contribution >= 4 is 24.0 Å². The number of ether oxygens (including phenoxy) is 2. The van der Waals surface area contributed by atoms with Crippen LogP contribution in [0, 0.1) is 0 Å². The fourth-order valence-corrected chi connectivity index (χ4v) is 5.94. The number of para-hydroxylation sites is 1. The lowest BCUT2D eigenvalue weighted by Gasteiger charge is -2.30. The minimum absolute atomic E-state index is 0.312. The van der Waals surface area contributed by atoms with Crippen LogP contribution in [0.4, 0.5) is 11.4 Å². The highest BCUT2D eigenvalue weighted by molar-refractivity contribution is 7.67. The van der Waals surface area contributed by atoms with Crippen molar-refractivity contribution in [2.75, 3.05) is 45.1 Å². The molecule has 0 unspecified atom stereocenters. The Hall–Kier alpha value is -2.95. The molecule has 0 amide bonds. The van der Waals surface area contributed by atoms with Crippen molar-refractivity contribution in [3.05, 3.63) is 78.4 Å². The van der Waals surface area contributed by atoms with Crippen molar-refractivity contribution in [3.63, 3.8) is 0 Å². The summed E-state index contributed by atoms with van der Waals surface area (Å²) in [7, 11) is 3.72. The largest absolute Gasteiger partial charge is 0.493 e. The Morgan fingerprint density at radius 3 is 2.12 bits per heavy atom. The van der Waals surface area contributed by atoms with Gasteiger partial charge in [0.2, 0.25) is 0 Å².